The van der Waals surface area contributed by atoms with Gasteiger partial charge in [-0.25, -0.2) is 9.97 Å². The Balaban J connectivity index is 2.14. The van der Waals surface area contributed by atoms with Gasteiger partial charge in [0.2, 0.25) is 5.91 Å². The number of fused-ring (bicyclic) bond motifs is 1. The number of rotatable bonds is 7. The first-order chi connectivity index (χ1) is 11.8. The molecular weight excluding hydrogens is 380 g/mol. The molecule has 0 saturated carbocycles. The molecule has 1 amide bonds. The van der Waals surface area contributed by atoms with Crippen molar-refractivity contribution in [1.29, 1.82) is 0 Å². The quantitative estimate of drug-likeness (QED) is 0.606. The van der Waals surface area contributed by atoms with E-state index >= 15 is 0 Å². The summed E-state index contributed by atoms with van der Waals surface area (Å²) in [5.74, 6) is 1.29. The number of unbranched alkanes of at least 4 members (excludes halogenated alkanes) is 2. The van der Waals surface area contributed by atoms with Gasteiger partial charge in [0.1, 0.15) is 11.6 Å². The molecule has 136 valence electrons. The number of nitrogens with zero attached hydrogens (tertiary/aromatic N) is 2. The fourth-order valence-electron chi connectivity index (χ4n) is 2.47. The lowest BCUT2D eigenvalue weighted by Gasteiger charge is -2.17. The second-order valence-electron chi connectivity index (χ2n) is 7.48. The van der Waals surface area contributed by atoms with Crippen LogP contribution in [-0.2, 0) is 4.79 Å². The molecule has 0 aromatic carbocycles. The lowest BCUT2D eigenvalue weighted by atomic mass is 9.92. The average molecular weight is 407 g/mol. The molecule has 0 spiro atoms. The number of halogens is 1. The summed E-state index contributed by atoms with van der Waals surface area (Å²) in [6.45, 7) is 9.18. The van der Waals surface area contributed by atoms with Crippen molar-refractivity contribution in [2.24, 2.45) is 5.41 Å². The van der Waals surface area contributed by atoms with Gasteiger partial charge in [-0.1, -0.05) is 40.5 Å². The summed E-state index contributed by atoms with van der Waals surface area (Å²) in [6.07, 6.45) is 3.94. The van der Waals surface area contributed by atoms with Crippen molar-refractivity contribution in [2.75, 3.05) is 17.2 Å². The van der Waals surface area contributed by atoms with Gasteiger partial charge in [0, 0.05) is 18.4 Å². The van der Waals surface area contributed by atoms with E-state index in [-0.39, 0.29) is 11.3 Å². The number of carbonyl (C=O) groups excluding carboxylic acids is 1. The Kier molecular flexibility index (Phi) is 6.76. The Hall–Kier alpha value is -1.69. The molecule has 0 aliphatic heterocycles. The number of hydrogen-bond acceptors (Lipinski definition) is 4. The summed E-state index contributed by atoms with van der Waals surface area (Å²) in [6, 6.07) is 5.73. The van der Waals surface area contributed by atoms with Crippen LogP contribution in [0, 0.1) is 5.41 Å². The first-order valence-electron chi connectivity index (χ1n) is 8.79. The third-order valence-corrected chi connectivity index (χ3v) is 4.27. The van der Waals surface area contributed by atoms with Gasteiger partial charge >= 0.3 is 0 Å². The summed E-state index contributed by atoms with van der Waals surface area (Å²) in [4.78, 5) is 21.2. The Morgan fingerprint density at radius 1 is 1.20 bits per heavy atom. The maximum atomic E-state index is 12.1. The van der Waals surface area contributed by atoms with Crippen LogP contribution in [0.1, 0.15) is 53.4 Å². The molecule has 0 aliphatic rings. The molecule has 2 aromatic heterocycles. The maximum absolute atomic E-state index is 12.1. The highest BCUT2D eigenvalue weighted by Gasteiger charge is 2.16. The predicted octanol–water partition coefficient (Wildman–Crippen LogP) is 5.37. The molecule has 0 unspecified atom stereocenters. The fourth-order valence-corrected chi connectivity index (χ4v) is 2.95. The van der Waals surface area contributed by atoms with Gasteiger partial charge in [-0.2, -0.15) is 0 Å². The number of pyridine rings is 2. The van der Waals surface area contributed by atoms with Crippen molar-refractivity contribution in [3.05, 3.63) is 22.7 Å². The van der Waals surface area contributed by atoms with Crippen LogP contribution in [0.15, 0.2) is 22.7 Å². The highest BCUT2D eigenvalue weighted by molar-refractivity contribution is 9.10. The molecule has 5 nitrogen and oxygen atoms in total. The zero-order valence-electron chi connectivity index (χ0n) is 15.4. The highest BCUT2D eigenvalue weighted by atomic mass is 79.9. The number of aromatic nitrogens is 2. The van der Waals surface area contributed by atoms with Crippen molar-refractivity contribution in [3.63, 3.8) is 0 Å². The lowest BCUT2D eigenvalue weighted by molar-refractivity contribution is -0.117. The van der Waals surface area contributed by atoms with E-state index in [1.165, 1.54) is 12.8 Å². The van der Waals surface area contributed by atoms with Crippen molar-refractivity contribution in [3.8, 4) is 0 Å². The molecule has 0 bridgehead atoms. The van der Waals surface area contributed by atoms with E-state index in [0.717, 1.165) is 28.6 Å². The van der Waals surface area contributed by atoms with E-state index in [1.807, 2.05) is 39.0 Å². The third kappa shape index (κ3) is 6.27. The molecule has 0 fully saturated rings. The maximum Gasteiger partial charge on any atom is 0.226 e. The van der Waals surface area contributed by atoms with Crippen molar-refractivity contribution >= 4 is 44.5 Å². The minimum atomic E-state index is -0.0559. The van der Waals surface area contributed by atoms with Gasteiger partial charge in [-0.05, 0) is 46.0 Å². The summed E-state index contributed by atoms with van der Waals surface area (Å²) in [5.41, 5.74) is 0.564. The van der Waals surface area contributed by atoms with Gasteiger partial charge in [-0.15, -0.1) is 0 Å². The first-order valence-corrected chi connectivity index (χ1v) is 9.59. The molecule has 0 aliphatic carbocycles. The van der Waals surface area contributed by atoms with Gasteiger partial charge < -0.3 is 10.6 Å². The van der Waals surface area contributed by atoms with Gasteiger partial charge in [-0.3, -0.25) is 4.79 Å². The fraction of sp³-hybridized carbons (Fsp3) is 0.526. The molecule has 2 aromatic rings. The Labute approximate surface area is 158 Å². The van der Waals surface area contributed by atoms with E-state index in [0.29, 0.717) is 17.9 Å². The van der Waals surface area contributed by atoms with Crippen molar-refractivity contribution < 1.29 is 4.79 Å². The number of carbonyl (C=O) groups is 1. The summed E-state index contributed by atoms with van der Waals surface area (Å²) in [5, 5.41) is 7.14. The molecule has 0 radical (unpaired) electrons. The SMILES string of the molecule is CCCCCNc1nc2nc(NC(=O)CC(C)(C)C)ccc2cc1Br. The van der Waals surface area contributed by atoms with Gasteiger partial charge in [0.05, 0.1) is 4.47 Å². The summed E-state index contributed by atoms with van der Waals surface area (Å²) in [7, 11) is 0. The van der Waals surface area contributed by atoms with Crippen LogP contribution in [0.25, 0.3) is 11.0 Å². The zero-order chi connectivity index (χ0) is 18.4. The second-order valence-corrected chi connectivity index (χ2v) is 8.34. The molecule has 25 heavy (non-hydrogen) atoms. The summed E-state index contributed by atoms with van der Waals surface area (Å²) < 4.78 is 0.919. The smallest absolute Gasteiger partial charge is 0.226 e. The monoisotopic (exact) mass is 406 g/mol. The first kappa shape index (κ1) is 19.6. The molecule has 2 N–H and O–H groups in total. The van der Waals surface area contributed by atoms with Crippen LogP contribution in [0.4, 0.5) is 11.6 Å². The third-order valence-electron chi connectivity index (χ3n) is 3.66. The van der Waals surface area contributed by atoms with Crippen LogP contribution in [0.5, 0.6) is 0 Å². The number of anilines is 2. The van der Waals surface area contributed by atoms with E-state index in [2.05, 4.69) is 43.5 Å². The number of hydrogen-bond donors (Lipinski definition) is 2. The molecule has 0 saturated heterocycles. The highest BCUT2D eigenvalue weighted by Crippen LogP contribution is 2.26. The zero-order valence-corrected chi connectivity index (χ0v) is 17.0. The minimum absolute atomic E-state index is 0.0330. The van der Waals surface area contributed by atoms with Crippen LogP contribution in [-0.4, -0.2) is 22.4 Å². The van der Waals surface area contributed by atoms with Crippen molar-refractivity contribution in [1.82, 2.24) is 9.97 Å². The lowest BCUT2D eigenvalue weighted by Crippen LogP contribution is -2.20. The average Bonchev–Trinajstić information content (AvgIpc) is 2.50. The van der Waals surface area contributed by atoms with Gasteiger partial charge in [0.15, 0.2) is 5.65 Å². The number of amides is 1. The predicted molar refractivity (Wildman–Crippen MR) is 108 cm³/mol. The Morgan fingerprint density at radius 2 is 1.96 bits per heavy atom. The molecule has 0 atom stereocenters. The van der Waals surface area contributed by atoms with Crippen LogP contribution in [0.3, 0.4) is 0 Å². The minimum Gasteiger partial charge on any atom is -0.369 e. The van der Waals surface area contributed by atoms with E-state index in [4.69, 9.17) is 0 Å². The normalized spacial score (nSPS) is 11.6. The van der Waals surface area contributed by atoms with Crippen LogP contribution in [0.2, 0.25) is 0 Å². The Bertz CT molecular complexity index is 740. The van der Waals surface area contributed by atoms with Crippen LogP contribution >= 0.6 is 15.9 Å². The van der Waals surface area contributed by atoms with E-state index < -0.39 is 0 Å². The second kappa shape index (κ2) is 8.61. The summed E-state index contributed by atoms with van der Waals surface area (Å²) >= 11 is 3.56. The Morgan fingerprint density at radius 3 is 2.64 bits per heavy atom. The van der Waals surface area contributed by atoms with E-state index in [9.17, 15) is 4.79 Å². The largest absolute Gasteiger partial charge is 0.369 e. The molecule has 2 heterocycles. The number of nitrogens with one attached hydrogen (secondary N) is 2. The topological polar surface area (TPSA) is 66.9 Å². The van der Waals surface area contributed by atoms with E-state index in [1.54, 1.807) is 0 Å². The standard InChI is InChI=1S/C19H27BrN4O/c1-5-6-7-10-21-18-14(20)11-13-8-9-15(23-17(13)24-18)22-16(25)12-19(2,3)4/h8-9,11H,5-7,10,12H2,1-4H3,(H2,21,22,23,24,25). The van der Waals surface area contributed by atoms with Crippen LogP contribution < -0.4 is 10.6 Å². The molecular formula is C19H27BrN4O. The molecule has 2 rings (SSSR count). The molecule has 6 heteroatoms. The van der Waals surface area contributed by atoms with Gasteiger partial charge in [0.25, 0.3) is 0 Å². The van der Waals surface area contributed by atoms with Crippen molar-refractivity contribution in [2.45, 2.75) is 53.4 Å².